The van der Waals surface area contributed by atoms with Crippen molar-refractivity contribution >= 4 is 11.3 Å². The Morgan fingerprint density at radius 1 is 1.14 bits per heavy atom. The van der Waals surface area contributed by atoms with E-state index in [1.165, 1.54) is 22.7 Å². The second-order valence-electron chi connectivity index (χ2n) is 5.20. The normalized spacial score (nSPS) is 11.2. The number of rotatable bonds is 9. The summed E-state index contributed by atoms with van der Waals surface area (Å²) >= 11 is 1.76. The molecule has 2 rings (SSSR count). The van der Waals surface area contributed by atoms with Crippen LogP contribution >= 0.6 is 11.3 Å². The lowest BCUT2D eigenvalue weighted by Gasteiger charge is -2.19. The number of hydrogen-bond donors (Lipinski definition) is 1. The molecule has 0 amide bonds. The average Bonchev–Trinajstić information content (AvgIpc) is 2.95. The highest BCUT2D eigenvalue weighted by atomic mass is 32.1. The number of hydrogen-bond acceptors (Lipinski definition) is 4. The number of benzene rings is 1. The molecule has 0 aliphatic rings. The summed E-state index contributed by atoms with van der Waals surface area (Å²) in [6, 6.07) is 10.6. The molecular formula is C17H25N3S. The van der Waals surface area contributed by atoms with Crippen molar-refractivity contribution in [2.75, 3.05) is 13.1 Å². The van der Waals surface area contributed by atoms with Gasteiger partial charge in [0.2, 0.25) is 0 Å². The van der Waals surface area contributed by atoms with Gasteiger partial charge in [-0.25, -0.2) is 4.98 Å². The monoisotopic (exact) mass is 303 g/mol. The molecule has 0 unspecified atom stereocenters. The Labute approximate surface area is 132 Å². The Morgan fingerprint density at radius 3 is 2.67 bits per heavy atom. The Balaban J connectivity index is 1.86. The van der Waals surface area contributed by atoms with Gasteiger partial charge in [0.1, 0.15) is 5.01 Å². The van der Waals surface area contributed by atoms with Crippen LogP contribution in [0.5, 0.6) is 0 Å². The molecule has 0 spiro atoms. The van der Waals surface area contributed by atoms with Gasteiger partial charge in [-0.1, -0.05) is 44.2 Å². The lowest BCUT2D eigenvalue weighted by molar-refractivity contribution is 0.268. The minimum absolute atomic E-state index is 0.892. The molecule has 1 aromatic heterocycles. The Hall–Kier alpha value is -1.23. The maximum absolute atomic E-state index is 4.73. The zero-order valence-electron chi connectivity index (χ0n) is 13.0. The number of thiazole rings is 1. The minimum atomic E-state index is 0.892. The smallest absolute Gasteiger partial charge is 0.107 e. The van der Waals surface area contributed by atoms with Gasteiger partial charge in [-0.2, -0.15) is 0 Å². The van der Waals surface area contributed by atoms with Gasteiger partial charge in [-0.3, -0.25) is 4.90 Å². The van der Waals surface area contributed by atoms with Gasteiger partial charge in [0, 0.05) is 25.0 Å². The van der Waals surface area contributed by atoms with Crippen LogP contribution in [0.15, 0.2) is 35.7 Å². The molecular weight excluding hydrogens is 278 g/mol. The molecule has 4 heteroatoms. The molecule has 0 radical (unpaired) electrons. The van der Waals surface area contributed by atoms with Crippen LogP contribution in [0.4, 0.5) is 0 Å². The highest BCUT2D eigenvalue weighted by Gasteiger charge is 2.08. The summed E-state index contributed by atoms with van der Waals surface area (Å²) in [5, 5.41) is 6.79. The average molecular weight is 303 g/mol. The van der Waals surface area contributed by atoms with Crippen molar-refractivity contribution < 1.29 is 0 Å². The highest BCUT2D eigenvalue weighted by Crippen LogP contribution is 2.13. The first-order valence-electron chi connectivity index (χ1n) is 7.72. The topological polar surface area (TPSA) is 28.2 Å². The molecule has 3 nitrogen and oxygen atoms in total. The molecule has 0 aliphatic heterocycles. The fourth-order valence-corrected chi connectivity index (χ4v) is 2.98. The summed E-state index contributed by atoms with van der Waals surface area (Å²) in [5.74, 6) is 0. The Bertz CT molecular complexity index is 510. The Kier molecular flexibility index (Phi) is 6.86. The van der Waals surface area contributed by atoms with E-state index in [9.17, 15) is 0 Å². The van der Waals surface area contributed by atoms with Crippen LogP contribution in [-0.4, -0.2) is 23.0 Å². The second-order valence-corrected chi connectivity index (χ2v) is 6.14. The molecule has 1 aromatic carbocycles. The van der Waals surface area contributed by atoms with Crippen molar-refractivity contribution in [1.29, 1.82) is 0 Å². The zero-order valence-corrected chi connectivity index (χ0v) is 13.8. The van der Waals surface area contributed by atoms with E-state index < -0.39 is 0 Å². The fourth-order valence-electron chi connectivity index (χ4n) is 2.23. The molecule has 0 fully saturated rings. The van der Waals surface area contributed by atoms with E-state index in [2.05, 4.69) is 59.8 Å². The molecule has 0 aliphatic carbocycles. The van der Waals surface area contributed by atoms with Crippen LogP contribution in [0, 0.1) is 0 Å². The molecule has 1 N–H and O–H groups in total. The van der Waals surface area contributed by atoms with Crippen molar-refractivity contribution in [3.63, 3.8) is 0 Å². The maximum atomic E-state index is 4.73. The van der Waals surface area contributed by atoms with Crippen LogP contribution in [0.25, 0.3) is 0 Å². The van der Waals surface area contributed by atoms with Crippen molar-refractivity contribution in [2.45, 2.75) is 39.9 Å². The van der Waals surface area contributed by atoms with Gasteiger partial charge in [-0.15, -0.1) is 11.3 Å². The zero-order chi connectivity index (χ0) is 14.9. The molecule has 114 valence electrons. The second kappa shape index (κ2) is 8.93. The molecule has 2 aromatic rings. The summed E-state index contributed by atoms with van der Waals surface area (Å²) in [7, 11) is 0. The van der Waals surface area contributed by atoms with Crippen molar-refractivity contribution in [3.05, 3.63) is 52.0 Å². The van der Waals surface area contributed by atoms with E-state index in [1.807, 2.05) is 0 Å². The van der Waals surface area contributed by atoms with Gasteiger partial charge in [0.15, 0.2) is 0 Å². The van der Waals surface area contributed by atoms with Crippen molar-refractivity contribution in [3.8, 4) is 0 Å². The fraction of sp³-hybridized carbons (Fsp3) is 0.471. The predicted molar refractivity (Wildman–Crippen MR) is 90.3 cm³/mol. The van der Waals surface area contributed by atoms with E-state index in [0.29, 0.717) is 0 Å². The van der Waals surface area contributed by atoms with E-state index in [4.69, 9.17) is 4.98 Å². The summed E-state index contributed by atoms with van der Waals surface area (Å²) in [4.78, 5) is 7.15. The van der Waals surface area contributed by atoms with Crippen molar-refractivity contribution in [1.82, 2.24) is 15.2 Å². The van der Waals surface area contributed by atoms with Crippen LogP contribution < -0.4 is 5.32 Å². The third kappa shape index (κ3) is 5.58. The minimum Gasteiger partial charge on any atom is -0.310 e. The molecule has 0 saturated carbocycles. The van der Waals surface area contributed by atoms with E-state index in [-0.39, 0.29) is 0 Å². The van der Waals surface area contributed by atoms with Gasteiger partial charge in [0.25, 0.3) is 0 Å². The number of nitrogens with zero attached hydrogens (tertiary/aromatic N) is 2. The Morgan fingerprint density at radius 2 is 1.95 bits per heavy atom. The van der Waals surface area contributed by atoms with Crippen molar-refractivity contribution in [2.24, 2.45) is 0 Å². The molecule has 0 atom stereocenters. The molecule has 0 saturated heterocycles. The van der Waals surface area contributed by atoms with Gasteiger partial charge >= 0.3 is 0 Å². The molecule has 0 bridgehead atoms. The summed E-state index contributed by atoms with van der Waals surface area (Å²) < 4.78 is 0. The first-order chi connectivity index (χ1) is 10.3. The SMILES string of the molecule is CCCNCc1nc(CN(CC)Cc2ccccc2)cs1. The highest BCUT2D eigenvalue weighted by molar-refractivity contribution is 7.09. The maximum Gasteiger partial charge on any atom is 0.107 e. The quantitative estimate of drug-likeness (QED) is 0.717. The lowest BCUT2D eigenvalue weighted by Crippen LogP contribution is -2.22. The lowest BCUT2D eigenvalue weighted by atomic mass is 10.2. The summed E-state index contributed by atoms with van der Waals surface area (Å²) in [5.41, 5.74) is 2.55. The largest absolute Gasteiger partial charge is 0.310 e. The third-order valence-electron chi connectivity index (χ3n) is 3.38. The van der Waals surface area contributed by atoms with Gasteiger partial charge in [0.05, 0.1) is 5.69 Å². The summed E-state index contributed by atoms with van der Waals surface area (Å²) in [6.45, 7) is 9.29. The van der Waals surface area contributed by atoms with E-state index in [0.717, 1.165) is 32.7 Å². The van der Waals surface area contributed by atoms with Crippen LogP contribution in [0.1, 0.15) is 36.5 Å². The number of aromatic nitrogens is 1. The standard InChI is InChI=1S/C17H25N3S/c1-3-10-18-11-17-19-16(14-21-17)13-20(4-2)12-15-8-6-5-7-9-15/h5-9,14,18H,3-4,10-13H2,1-2H3. The van der Waals surface area contributed by atoms with Crippen LogP contribution in [0.3, 0.4) is 0 Å². The predicted octanol–water partition coefficient (Wildman–Crippen LogP) is 3.66. The van der Waals surface area contributed by atoms with Gasteiger partial charge in [-0.05, 0) is 25.1 Å². The first-order valence-corrected chi connectivity index (χ1v) is 8.60. The van der Waals surface area contributed by atoms with Crippen LogP contribution in [-0.2, 0) is 19.6 Å². The molecule has 21 heavy (non-hydrogen) atoms. The van der Waals surface area contributed by atoms with Crippen LogP contribution in [0.2, 0.25) is 0 Å². The van der Waals surface area contributed by atoms with Gasteiger partial charge < -0.3 is 5.32 Å². The third-order valence-corrected chi connectivity index (χ3v) is 4.28. The number of nitrogens with one attached hydrogen (secondary N) is 1. The first kappa shape index (κ1) is 16.1. The summed E-state index contributed by atoms with van der Waals surface area (Å²) in [6.07, 6.45) is 1.17. The molecule has 1 heterocycles. The van der Waals surface area contributed by atoms with E-state index >= 15 is 0 Å². The van der Waals surface area contributed by atoms with E-state index in [1.54, 1.807) is 11.3 Å².